The van der Waals surface area contributed by atoms with Crippen LogP contribution in [0.4, 0.5) is 0 Å². The summed E-state index contributed by atoms with van der Waals surface area (Å²) in [5, 5.41) is 7.29. The van der Waals surface area contributed by atoms with Crippen molar-refractivity contribution in [1.82, 2.24) is 0 Å². The van der Waals surface area contributed by atoms with E-state index in [-0.39, 0.29) is 7.53 Å². The van der Waals surface area contributed by atoms with Crippen molar-refractivity contribution < 1.29 is 0 Å². The molecule has 0 N–H and O–H groups in total. The van der Waals surface area contributed by atoms with Crippen molar-refractivity contribution in [2.24, 2.45) is 0 Å². The molecule has 0 unspecified atom stereocenters. The Morgan fingerprint density at radius 3 is 2.33 bits per heavy atom. The minimum Gasteiger partial charge on any atom is -0.209 e. The highest BCUT2D eigenvalue weighted by molar-refractivity contribution is 7.67. The topological polar surface area (TPSA) is 0 Å². The Morgan fingerprint density at radius 1 is 0.722 bits per heavy atom. The highest BCUT2D eigenvalue weighted by atomic mass is 31.1. The summed E-state index contributed by atoms with van der Waals surface area (Å²) in [6, 6.07) is 26.4. The molecule has 18 heavy (non-hydrogen) atoms. The molecule has 0 radical (unpaired) electrons. The zero-order valence-electron chi connectivity index (χ0n) is 9.88. The molecule has 1 heteroatoms. The Labute approximate surface area is 107 Å². The van der Waals surface area contributed by atoms with Crippen LogP contribution < -0.4 is 0 Å². The van der Waals surface area contributed by atoms with Gasteiger partial charge in [0.2, 0.25) is 0 Å². The molecular weight excluding hydrogens is 235 g/mol. The lowest BCUT2D eigenvalue weighted by molar-refractivity contribution is 1.84. The van der Waals surface area contributed by atoms with Crippen LogP contribution in [-0.2, 0) is 0 Å². The molecule has 0 saturated carbocycles. The Bertz CT molecular complexity index is 766. The number of hydrogen-bond donors (Lipinski definition) is 0. The van der Waals surface area contributed by atoms with Gasteiger partial charge in [-0.05, 0) is 0 Å². The maximum atomic E-state index is 2.29. The summed E-state index contributed by atoms with van der Waals surface area (Å²) in [5.74, 6) is 0. The van der Waals surface area contributed by atoms with Crippen LogP contribution in [0.1, 0.15) is 0 Å². The normalized spacial score (nSPS) is 12.3. The zero-order valence-corrected chi connectivity index (χ0v) is 10.8. The molecule has 1 aromatic heterocycles. The molecule has 1 heterocycles. The molecule has 0 fully saturated rings. The Kier molecular flexibility index (Phi) is 2.12. The first-order valence-electron chi connectivity index (χ1n) is 6.15. The minimum absolute atomic E-state index is 0.335. The van der Waals surface area contributed by atoms with E-state index < -0.39 is 0 Å². The first-order chi connectivity index (χ1) is 8.95. The molecule has 0 aliphatic heterocycles. The first-order valence-corrected chi connectivity index (χ1v) is 7.49. The SMILES string of the molecule is c1ccc2c(c1)c1cccc[c-]1[p+]2-[c-]1cccc1. The van der Waals surface area contributed by atoms with Gasteiger partial charge in [-0.25, -0.2) is 12.1 Å². The van der Waals surface area contributed by atoms with Gasteiger partial charge in [0.1, 0.15) is 0 Å². The van der Waals surface area contributed by atoms with Gasteiger partial charge in [0, 0.05) is 12.8 Å². The summed E-state index contributed by atoms with van der Waals surface area (Å²) in [7, 11) is -0.335. The molecule has 0 spiro atoms. The van der Waals surface area contributed by atoms with E-state index >= 15 is 0 Å². The standard InChI is InChI=1S/C17H12P/c1-2-8-13(7-1)18-16-11-5-3-9-14(16)15-10-4-6-12-17(15)18/h1-12H/q-1. The predicted molar refractivity (Wildman–Crippen MR) is 81.1 cm³/mol. The summed E-state index contributed by atoms with van der Waals surface area (Å²) >= 11 is 0. The van der Waals surface area contributed by atoms with Crippen molar-refractivity contribution in [3.8, 4) is 5.30 Å². The smallest absolute Gasteiger partial charge is 0.0726 e. The molecule has 86 valence electrons. The zero-order chi connectivity index (χ0) is 11.9. The van der Waals surface area contributed by atoms with Crippen LogP contribution in [0.3, 0.4) is 0 Å². The summed E-state index contributed by atoms with van der Waals surface area (Å²) < 4.78 is 0. The van der Waals surface area contributed by atoms with E-state index in [2.05, 4.69) is 72.8 Å². The minimum atomic E-state index is -0.335. The lowest BCUT2D eigenvalue weighted by atomic mass is 10.2. The van der Waals surface area contributed by atoms with E-state index in [1.807, 2.05) is 0 Å². The molecule has 4 rings (SSSR count). The van der Waals surface area contributed by atoms with E-state index in [9.17, 15) is 0 Å². The summed E-state index contributed by atoms with van der Waals surface area (Å²) in [4.78, 5) is 0. The summed E-state index contributed by atoms with van der Waals surface area (Å²) in [5.41, 5.74) is 0. The first kappa shape index (κ1) is 10.1. The second-order valence-electron chi connectivity index (χ2n) is 4.51. The second kappa shape index (κ2) is 3.80. The molecular formula is C17H12P-. The third-order valence-electron chi connectivity index (χ3n) is 3.48. The third kappa shape index (κ3) is 1.30. The average Bonchev–Trinajstić information content (AvgIpc) is 3.03. The van der Waals surface area contributed by atoms with Crippen LogP contribution in [0.25, 0.3) is 26.3 Å². The second-order valence-corrected chi connectivity index (χ2v) is 6.66. The molecule has 0 aliphatic carbocycles. The predicted octanol–water partition coefficient (Wildman–Crippen LogP) is 5.69. The molecule has 0 nitrogen and oxygen atoms in total. The number of hydrogen-bond acceptors (Lipinski definition) is 0. The van der Waals surface area contributed by atoms with Crippen molar-refractivity contribution >= 4 is 28.5 Å². The van der Waals surface area contributed by atoms with Crippen LogP contribution in [0, 0.1) is 0 Å². The molecule has 0 aliphatic rings. The van der Waals surface area contributed by atoms with Gasteiger partial charge in [0.05, 0.1) is 10.2 Å². The molecule has 0 saturated heterocycles. The average molecular weight is 247 g/mol. The number of benzene rings is 2. The molecule has 0 bridgehead atoms. The summed E-state index contributed by atoms with van der Waals surface area (Å²) in [6.45, 7) is 0. The van der Waals surface area contributed by atoms with Crippen molar-refractivity contribution in [1.29, 1.82) is 0 Å². The van der Waals surface area contributed by atoms with Crippen LogP contribution in [0.15, 0.2) is 72.8 Å². The van der Waals surface area contributed by atoms with Crippen molar-refractivity contribution in [3.05, 3.63) is 72.8 Å². The van der Waals surface area contributed by atoms with Crippen molar-refractivity contribution in [2.75, 3.05) is 0 Å². The van der Waals surface area contributed by atoms with Gasteiger partial charge in [0.25, 0.3) is 0 Å². The quantitative estimate of drug-likeness (QED) is 0.379. The van der Waals surface area contributed by atoms with Gasteiger partial charge < -0.3 is 0 Å². The van der Waals surface area contributed by atoms with Crippen LogP contribution >= 0.6 is 7.53 Å². The third-order valence-corrected chi connectivity index (χ3v) is 6.04. The Hall–Kier alpha value is -1.91. The van der Waals surface area contributed by atoms with Gasteiger partial charge in [-0.1, -0.05) is 41.1 Å². The largest absolute Gasteiger partial charge is 0.209 e. The fraction of sp³-hybridized carbons (Fsp3) is 0. The van der Waals surface area contributed by atoms with E-state index in [4.69, 9.17) is 0 Å². The molecule has 0 amide bonds. The maximum absolute atomic E-state index is 2.29. The van der Waals surface area contributed by atoms with E-state index in [1.54, 1.807) is 0 Å². The maximum Gasteiger partial charge on any atom is 0.0726 e. The molecule has 4 aromatic rings. The highest BCUT2D eigenvalue weighted by Crippen LogP contribution is 2.54. The van der Waals surface area contributed by atoms with Crippen LogP contribution in [0.2, 0.25) is 0 Å². The highest BCUT2D eigenvalue weighted by Gasteiger charge is 2.13. The van der Waals surface area contributed by atoms with E-state index in [0.29, 0.717) is 0 Å². The van der Waals surface area contributed by atoms with Crippen LogP contribution in [0.5, 0.6) is 0 Å². The monoisotopic (exact) mass is 247 g/mol. The van der Waals surface area contributed by atoms with Gasteiger partial charge in [-0.15, -0.1) is 30.3 Å². The Balaban J connectivity index is 2.28. The summed E-state index contributed by atoms with van der Waals surface area (Å²) in [6.07, 6.45) is 0. The number of rotatable bonds is 1. The van der Waals surface area contributed by atoms with Gasteiger partial charge >= 0.3 is 0 Å². The van der Waals surface area contributed by atoms with Gasteiger partial charge in [-0.2, -0.15) is 0 Å². The fourth-order valence-electron chi connectivity index (χ4n) is 2.71. The fourth-order valence-corrected chi connectivity index (χ4v) is 5.34. The Morgan fingerprint density at radius 2 is 1.44 bits per heavy atom. The van der Waals surface area contributed by atoms with Gasteiger partial charge in [-0.3, -0.25) is 0 Å². The lowest BCUT2D eigenvalue weighted by Crippen LogP contribution is -1.62. The van der Waals surface area contributed by atoms with E-state index in [1.165, 1.54) is 26.3 Å². The van der Waals surface area contributed by atoms with Crippen molar-refractivity contribution in [3.63, 3.8) is 0 Å². The van der Waals surface area contributed by atoms with E-state index in [0.717, 1.165) is 0 Å². The lowest BCUT2D eigenvalue weighted by Gasteiger charge is -1.95. The van der Waals surface area contributed by atoms with Crippen LogP contribution in [-0.4, -0.2) is 0 Å². The van der Waals surface area contributed by atoms with Crippen molar-refractivity contribution in [2.45, 2.75) is 0 Å². The molecule has 3 aromatic carbocycles. The van der Waals surface area contributed by atoms with Gasteiger partial charge in [0.15, 0.2) is 0 Å². The molecule has 0 atom stereocenters. The number of fused-ring (bicyclic) bond motifs is 3.